The molecule has 1 aromatic heterocycles. The van der Waals surface area contributed by atoms with Crippen LogP contribution in [-0.2, 0) is 6.54 Å². The van der Waals surface area contributed by atoms with Crippen LogP contribution in [0.5, 0.6) is 0 Å². The van der Waals surface area contributed by atoms with Crippen molar-refractivity contribution in [3.05, 3.63) is 22.6 Å². The number of hydrogen-bond donors (Lipinski definition) is 2. The van der Waals surface area contributed by atoms with E-state index < -0.39 is 5.97 Å². The Morgan fingerprint density at radius 3 is 2.31 bits per heavy atom. The first-order valence-electron chi connectivity index (χ1n) is 3.60. The quantitative estimate of drug-likeness (QED) is 0.767. The summed E-state index contributed by atoms with van der Waals surface area (Å²) in [4.78, 5) is 10.7. The maximum Gasteiger partial charge on any atom is 0.339 e. The van der Waals surface area contributed by atoms with Crippen LogP contribution < -0.4 is 5.73 Å². The van der Waals surface area contributed by atoms with E-state index in [1.807, 2.05) is 0 Å². The Labute approximate surface area is 82.1 Å². The predicted octanol–water partition coefficient (Wildman–Crippen LogP) is 1.48. The normalized spacial score (nSPS) is 9.46. The van der Waals surface area contributed by atoms with Gasteiger partial charge in [0.05, 0.1) is 0 Å². The number of hydrogen-bond acceptors (Lipinski definition) is 3. The second-order valence-corrected chi connectivity index (χ2v) is 2.58. The summed E-state index contributed by atoms with van der Waals surface area (Å²) in [6.45, 7) is 3.53. The monoisotopic (exact) mass is 205 g/mol. The van der Waals surface area contributed by atoms with Crippen molar-refractivity contribution in [3.63, 3.8) is 0 Å². The van der Waals surface area contributed by atoms with Gasteiger partial charge in [0.1, 0.15) is 17.1 Å². The smallest absolute Gasteiger partial charge is 0.339 e. The Balaban J connectivity index is 0.00000144. The first kappa shape index (κ1) is 12.0. The molecule has 1 aromatic rings. The Morgan fingerprint density at radius 1 is 1.46 bits per heavy atom. The number of carbonyl (C=O) groups is 1. The Hall–Kier alpha value is -1.00. The van der Waals surface area contributed by atoms with E-state index in [9.17, 15) is 4.79 Å². The fraction of sp³-hybridized carbons (Fsp3) is 0.375. The third kappa shape index (κ3) is 2.02. The maximum absolute atomic E-state index is 10.7. The number of carboxylic acids is 1. The molecule has 0 aromatic carbocycles. The molecule has 0 aliphatic heterocycles. The Bertz CT molecular complexity index is 319. The van der Waals surface area contributed by atoms with E-state index in [0.717, 1.165) is 0 Å². The summed E-state index contributed by atoms with van der Waals surface area (Å²) in [6.07, 6.45) is 0. The second-order valence-electron chi connectivity index (χ2n) is 2.58. The molecular weight excluding hydrogens is 194 g/mol. The van der Waals surface area contributed by atoms with Crippen LogP contribution in [0.1, 0.15) is 27.4 Å². The van der Waals surface area contributed by atoms with Crippen LogP contribution in [0, 0.1) is 13.8 Å². The lowest BCUT2D eigenvalue weighted by Crippen LogP contribution is -2.06. The van der Waals surface area contributed by atoms with Crippen molar-refractivity contribution in [1.29, 1.82) is 0 Å². The number of aryl methyl sites for hydroxylation is 2. The third-order valence-electron chi connectivity index (χ3n) is 1.80. The van der Waals surface area contributed by atoms with Gasteiger partial charge in [-0.25, -0.2) is 4.79 Å². The van der Waals surface area contributed by atoms with E-state index in [0.29, 0.717) is 17.1 Å². The number of rotatable bonds is 2. The van der Waals surface area contributed by atoms with Gasteiger partial charge in [0.2, 0.25) is 0 Å². The van der Waals surface area contributed by atoms with Crippen molar-refractivity contribution < 1.29 is 14.3 Å². The summed E-state index contributed by atoms with van der Waals surface area (Å²) in [5.41, 5.74) is 6.17. The molecule has 74 valence electrons. The van der Waals surface area contributed by atoms with Crippen LogP contribution in [0.4, 0.5) is 0 Å². The van der Waals surface area contributed by atoms with Crippen molar-refractivity contribution in [2.24, 2.45) is 5.73 Å². The minimum atomic E-state index is -0.982. The van der Waals surface area contributed by atoms with E-state index in [1.165, 1.54) is 0 Å². The highest BCUT2D eigenvalue weighted by Gasteiger charge is 2.18. The first-order chi connectivity index (χ1) is 5.57. The van der Waals surface area contributed by atoms with Crippen LogP contribution in [0.2, 0.25) is 0 Å². The molecular formula is C8H12ClNO3. The van der Waals surface area contributed by atoms with E-state index >= 15 is 0 Å². The van der Waals surface area contributed by atoms with Crippen LogP contribution in [0.15, 0.2) is 4.42 Å². The van der Waals surface area contributed by atoms with Crippen molar-refractivity contribution in [2.45, 2.75) is 20.4 Å². The zero-order valence-electron chi connectivity index (χ0n) is 7.46. The van der Waals surface area contributed by atoms with Gasteiger partial charge >= 0.3 is 5.97 Å². The molecule has 0 atom stereocenters. The van der Waals surface area contributed by atoms with Gasteiger partial charge in [-0.3, -0.25) is 0 Å². The largest absolute Gasteiger partial charge is 0.478 e. The number of aromatic carboxylic acids is 1. The van der Waals surface area contributed by atoms with Crippen LogP contribution in [0.25, 0.3) is 0 Å². The van der Waals surface area contributed by atoms with Gasteiger partial charge in [0, 0.05) is 12.1 Å². The average molecular weight is 206 g/mol. The molecule has 0 unspecified atom stereocenters. The topological polar surface area (TPSA) is 76.5 Å². The van der Waals surface area contributed by atoms with Crippen LogP contribution >= 0.6 is 12.4 Å². The maximum atomic E-state index is 10.7. The Kier molecular flexibility index (Phi) is 3.97. The fourth-order valence-electron chi connectivity index (χ4n) is 1.26. The molecule has 1 rings (SSSR count). The third-order valence-corrected chi connectivity index (χ3v) is 1.80. The van der Waals surface area contributed by atoms with Gasteiger partial charge < -0.3 is 15.3 Å². The lowest BCUT2D eigenvalue weighted by molar-refractivity contribution is 0.0694. The highest BCUT2D eigenvalue weighted by molar-refractivity contribution is 5.90. The number of carboxylic acid groups (broad SMARTS) is 1. The van der Waals surface area contributed by atoms with E-state index in [4.69, 9.17) is 15.3 Å². The highest BCUT2D eigenvalue weighted by Crippen LogP contribution is 2.20. The molecule has 0 radical (unpaired) electrons. The lowest BCUT2D eigenvalue weighted by atomic mass is 10.1. The predicted molar refractivity (Wildman–Crippen MR) is 50.3 cm³/mol. The van der Waals surface area contributed by atoms with Crippen molar-refractivity contribution >= 4 is 18.4 Å². The lowest BCUT2D eigenvalue weighted by Gasteiger charge is -1.94. The zero-order valence-corrected chi connectivity index (χ0v) is 8.27. The summed E-state index contributed by atoms with van der Waals surface area (Å²) in [5.74, 6) is 0.0256. The first-order valence-corrected chi connectivity index (χ1v) is 3.60. The number of furan rings is 1. The van der Waals surface area contributed by atoms with Gasteiger partial charge in [0.15, 0.2) is 0 Å². The van der Waals surface area contributed by atoms with Crippen molar-refractivity contribution in [3.8, 4) is 0 Å². The van der Waals surface area contributed by atoms with Crippen molar-refractivity contribution in [2.75, 3.05) is 0 Å². The summed E-state index contributed by atoms with van der Waals surface area (Å²) < 4.78 is 5.14. The van der Waals surface area contributed by atoms with Crippen molar-refractivity contribution in [1.82, 2.24) is 0 Å². The molecule has 4 nitrogen and oxygen atoms in total. The standard InChI is InChI=1S/C8H11NO3.ClH/c1-4-6(3-9)7(8(10)11)5(2)12-4;/h3,9H2,1-2H3,(H,10,11);1H. The molecule has 13 heavy (non-hydrogen) atoms. The summed E-state index contributed by atoms with van der Waals surface area (Å²) in [6, 6.07) is 0. The van der Waals surface area contributed by atoms with Gasteiger partial charge in [-0.1, -0.05) is 0 Å². The molecule has 0 aliphatic rings. The summed E-state index contributed by atoms with van der Waals surface area (Å²) in [7, 11) is 0. The van der Waals surface area contributed by atoms with Gasteiger partial charge in [0.25, 0.3) is 0 Å². The Morgan fingerprint density at radius 2 is 2.00 bits per heavy atom. The summed E-state index contributed by atoms with van der Waals surface area (Å²) in [5, 5.41) is 8.78. The number of halogens is 1. The van der Waals surface area contributed by atoms with Crippen LogP contribution in [-0.4, -0.2) is 11.1 Å². The molecule has 3 N–H and O–H groups in total. The van der Waals surface area contributed by atoms with E-state index in [1.54, 1.807) is 13.8 Å². The SMILES string of the molecule is Cc1oc(C)c(C(=O)O)c1CN.Cl. The molecule has 0 spiro atoms. The molecule has 0 saturated carbocycles. The molecule has 0 aliphatic carbocycles. The van der Waals surface area contributed by atoms with E-state index in [2.05, 4.69) is 0 Å². The fourth-order valence-corrected chi connectivity index (χ4v) is 1.26. The molecule has 5 heteroatoms. The number of nitrogens with two attached hydrogens (primary N) is 1. The van der Waals surface area contributed by atoms with E-state index in [-0.39, 0.29) is 24.5 Å². The second kappa shape index (κ2) is 4.30. The average Bonchev–Trinajstić information content (AvgIpc) is 2.24. The van der Waals surface area contributed by atoms with Gasteiger partial charge in [-0.2, -0.15) is 0 Å². The molecule has 0 saturated heterocycles. The highest BCUT2D eigenvalue weighted by atomic mass is 35.5. The van der Waals surface area contributed by atoms with Crippen LogP contribution in [0.3, 0.4) is 0 Å². The minimum absolute atomic E-state index is 0. The summed E-state index contributed by atoms with van der Waals surface area (Å²) >= 11 is 0. The minimum Gasteiger partial charge on any atom is -0.478 e. The molecule has 0 bridgehead atoms. The van der Waals surface area contributed by atoms with Gasteiger partial charge in [-0.05, 0) is 13.8 Å². The van der Waals surface area contributed by atoms with Gasteiger partial charge in [-0.15, -0.1) is 12.4 Å². The molecule has 1 heterocycles. The molecule has 0 amide bonds. The zero-order chi connectivity index (χ0) is 9.30. The molecule has 0 fully saturated rings.